The molecule has 3 rings (SSSR count). The summed E-state index contributed by atoms with van der Waals surface area (Å²) in [6.45, 7) is 7.95. The number of anilines is 1. The highest BCUT2D eigenvalue weighted by molar-refractivity contribution is 5.89. The minimum atomic E-state index is -0.329. The Morgan fingerprint density at radius 1 is 0.960 bits per heavy atom. The monoisotopic (exact) mass is 338 g/mol. The Morgan fingerprint density at radius 3 is 2.48 bits per heavy atom. The third kappa shape index (κ3) is 3.94. The van der Waals surface area contributed by atoms with E-state index in [9.17, 15) is 4.39 Å². The van der Waals surface area contributed by atoms with Gasteiger partial charge in [0.2, 0.25) is 0 Å². The number of hydrogen-bond acceptors (Lipinski definition) is 4. The molecule has 2 aromatic carbocycles. The number of rotatable bonds is 7. The van der Waals surface area contributed by atoms with Gasteiger partial charge in [0, 0.05) is 18.5 Å². The summed E-state index contributed by atoms with van der Waals surface area (Å²) in [4.78, 5) is 10.7. The number of para-hydroxylation sites is 1. The van der Waals surface area contributed by atoms with Gasteiger partial charge in [-0.15, -0.1) is 0 Å². The average Bonchev–Trinajstić information content (AvgIpc) is 2.65. The van der Waals surface area contributed by atoms with Crippen LogP contribution in [0.5, 0.6) is 0 Å². The van der Waals surface area contributed by atoms with Crippen LogP contribution in [0.1, 0.15) is 25.0 Å². The molecule has 25 heavy (non-hydrogen) atoms. The molecule has 0 spiro atoms. The zero-order valence-corrected chi connectivity index (χ0v) is 14.7. The number of fused-ring (bicyclic) bond motifs is 1. The predicted octanol–water partition coefficient (Wildman–Crippen LogP) is 4.22. The molecule has 0 amide bonds. The van der Waals surface area contributed by atoms with Gasteiger partial charge < -0.3 is 5.32 Å². The molecule has 0 aliphatic rings. The first kappa shape index (κ1) is 17.3. The number of aromatic nitrogens is 2. The van der Waals surface area contributed by atoms with Crippen LogP contribution in [0.25, 0.3) is 10.9 Å². The van der Waals surface area contributed by atoms with Gasteiger partial charge in [-0.1, -0.05) is 44.2 Å². The van der Waals surface area contributed by atoms with Gasteiger partial charge in [-0.3, -0.25) is 4.90 Å². The second-order valence-corrected chi connectivity index (χ2v) is 5.94. The van der Waals surface area contributed by atoms with E-state index in [0.717, 1.165) is 19.6 Å². The van der Waals surface area contributed by atoms with E-state index in [1.165, 1.54) is 23.5 Å². The normalized spacial score (nSPS) is 11.2. The summed E-state index contributed by atoms with van der Waals surface area (Å²) in [6.07, 6.45) is 1.40. The van der Waals surface area contributed by atoms with Gasteiger partial charge in [-0.05, 0) is 36.3 Å². The second kappa shape index (κ2) is 8.03. The van der Waals surface area contributed by atoms with Crippen LogP contribution < -0.4 is 5.32 Å². The Kier molecular flexibility index (Phi) is 5.56. The summed E-state index contributed by atoms with van der Waals surface area (Å²) >= 11 is 0. The van der Waals surface area contributed by atoms with Crippen LogP contribution in [0.15, 0.2) is 48.8 Å². The van der Waals surface area contributed by atoms with Crippen molar-refractivity contribution >= 4 is 16.7 Å². The Balaban J connectivity index is 1.82. The molecular weight excluding hydrogens is 315 g/mol. The molecule has 0 saturated carbocycles. The summed E-state index contributed by atoms with van der Waals surface area (Å²) < 4.78 is 13.9. The van der Waals surface area contributed by atoms with Gasteiger partial charge in [-0.2, -0.15) is 0 Å². The van der Waals surface area contributed by atoms with E-state index in [2.05, 4.69) is 52.2 Å². The van der Waals surface area contributed by atoms with Crippen LogP contribution in [0.4, 0.5) is 10.2 Å². The van der Waals surface area contributed by atoms with Gasteiger partial charge in [0.25, 0.3) is 0 Å². The van der Waals surface area contributed by atoms with Gasteiger partial charge in [0.1, 0.15) is 23.5 Å². The van der Waals surface area contributed by atoms with E-state index in [1.807, 2.05) is 12.1 Å². The van der Waals surface area contributed by atoms with E-state index in [-0.39, 0.29) is 5.82 Å². The van der Waals surface area contributed by atoms with Crippen molar-refractivity contribution in [3.63, 3.8) is 0 Å². The minimum absolute atomic E-state index is 0.329. The topological polar surface area (TPSA) is 41.0 Å². The number of hydrogen-bond donors (Lipinski definition) is 1. The Bertz CT molecular complexity index is 846. The van der Waals surface area contributed by atoms with Gasteiger partial charge in [-0.25, -0.2) is 14.4 Å². The van der Waals surface area contributed by atoms with Crippen molar-refractivity contribution in [2.24, 2.45) is 0 Å². The van der Waals surface area contributed by atoms with Crippen LogP contribution >= 0.6 is 0 Å². The molecule has 4 nitrogen and oxygen atoms in total. The molecule has 0 atom stereocenters. The van der Waals surface area contributed by atoms with Crippen LogP contribution in [-0.2, 0) is 13.1 Å². The number of halogens is 1. The average molecular weight is 338 g/mol. The lowest BCUT2D eigenvalue weighted by Crippen LogP contribution is -2.23. The van der Waals surface area contributed by atoms with Gasteiger partial charge >= 0.3 is 0 Å². The van der Waals surface area contributed by atoms with E-state index in [4.69, 9.17) is 0 Å². The molecule has 0 bridgehead atoms. The molecule has 1 heterocycles. The number of nitrogens with one attached hydrogen (secondary N) is 1. The fraction of sp³-hybridized carbons (Fsp3) is 0.300. The zero-order valence-electron chi connectivity index (χ0n) is 14.7. The molecule has 0 aliphatic carbocycles. The van der Waals surface area contributed by atoms with Crippen LogP contribution in [0, 0.1) is 5.82 Å². The molecule has 130 valence electrons. The van der Waals surface area contributed by atoms with Crippen molar-refractivity contribution in [2.45, 2.75) is 26.9 Å². The highest BCUT2D eigenvalue weighted by atomic mass is 19.1. The van der Waals surface area contributed by atoms with E-state index in [0.29, 0.717) is 23.3 Å². The lowest BCUT2D eigenvalue weighted by atomic mass is 10.1. The van der Waals surface area contributed by atoms with Crippen molar-refractivity contribution in [2.75, 3.05) is 18.4 Å². The molecule has 1 N–H and O–H groups in total. The largest absolute Gasteiger partial charge is 0.365 e. The summed E-state index contributed by atoms with van der Waals surface area (Å²) in [5.41, 5.74) is 2.86. The molecule has 5 heteroatoms. The molecule has 0 unspecified atom stereocenters. The van der Waals surface area contributed by atoms with E-state index < -0.39 is 0 Å². The summed E-state index contributed by atoms with van der Waals surface area (Å²) in [7, 11) is 0. The Labute approximate surface area is 147 Å². The maximum atomic E-state index is 13.9. The quantitative estimate of drug-likeness (QED) is 0.700. The lowest BCUT2D eigenvalue weighted by molar-refractivity contribution is 0.295. The van der Waals surface area contributed by atoms with Crippen LogP contribution in [0.2, 0.25) is 0 Å². The number of nitrogens with zero attached hydrogens (tertiary/aromatic N) is 3. The van der Waals surface area contributed by atoms with Gasteiger partial charge in [0.05, 0.1) is 0 Å². The zero-order chi connectivity index (χ0) is 17.6. The first-order chi connectivity index (χ1) is 12.2. The third-order valence-corrected chi connectivity index (χ3v) is 4.47. The predicted molar refractivity (Wildman–Crippen MR) is 99.9 cm³/mol. The second-order valence-electron chi connectivity index (χ2n) is 5.94. The van der Waals surface area contributed by atoms with Crippen LogP contribution in [-0.4, -0.2) is 28.0 Å². The highest BCUT2D eigenvalue weighted by Crippen LogP contribution is 2.22. The first-order valence-corrected chi connectivity index (χ1v) is 8.65. The van der Waals surface area contributed by atoms with Crippen molar-refractivity contribution in [3.8, 4) is 0 Å². The molecule has 0 aliphatic heterocycles. The van der Waals surface area contributed by atoms with Gasteiger partial charge in [0.15, 0.2) is 0 Å². The fourth-order valence-corrected chi connectivity index (χ4v) is 2.94. The molecule has 3 aromatic rings. The molecule has 0 radical (unpaired) electrons. The van der Waals surface area contributed by atoms with Crippen molar-refractivity contribution in [1.29, 1.82) is 0 Å². The number of benzene rings is 2. The Hall–Kier alpha value is -2.53. The van der Waals surface area contributed by atoms with Crippen molar-refractivity contribution in [1.82, 2.24) is 14.9 Å². The van der Waals surface area contributed by atoms with Crippen molar-refractivity contribution < 1.29 is 4.39 Å². The van der Waals surface area contributed by atoms with Crippen LogP contribution in [0.3, 0.4) is 0 Å². The lowest BCUT2D eigenvalue weighted by Gasteiger charge is -2.20. The Morgan fingerprint density at radius 2 is 1.72 bits per heavy atom. The summed E-state index contributed by atoms with van der Waals surface area (Å²) in [5.74, 6) is 0.326. The molecule has 0 saturated heterocycles. The maximum absolute atomic E-state index is 13.9. The van der Waals surface area contributed by atoms with E-state index in [1.54, 1.807) is 6.07 Å². The van der Waals surface area contributed by atoms with E-state index >= 15 is 0 Å². The standard InChI is InChI=1S/C20H23FN4/c1-3-25(4-2)13-16-9-6-5-8-15(16)12-22-20-17-10-7-11-18(21)19(17)23-14-24-20/h5-11,14H,3-4,12-13H2,1-2H3,(H,22,23,24). The summed E-state index contributed by atoms with van der Waals surface area (Å²) in [5, 5.41) is 4.04. The summed E-state index contributed by atoms with van der Waals surface area (Å²) in [6, 6.07) is 13.3. The molecule has 1 aromatic heterocycles. The minimum Gasteiger partial charge on any atom is -0.365 e. The first-order valence-electron chi connectivity index (χ1n) is 8.65. The molecular formula is C20H23FN4. The molecule has 0 fully saturated rings. The smallest absolute Gasteiger partial charge is 0.149 e. The highest BCUT2D eigenvalue weighted by Gasteiger charge is 2.09. The third-order valence-electron chi connectivity index (χ3n) is 4.47. The fourth-order valence-electron chi connectivity index (χ4n) is 2.94. The SMILES string of the molecule is CCN(CC)Cc1ccccc1CNc1ncnc2c(F)cccc12. The maximum Gasteiger partial charge on any atom is 0.149 e. The van der Waals surface area contributed by atoms with Crippen molar-refractivity contribution in [3.05, 3.63) is 65.7 Å².